The van der Waals surface area contributed by atoms with E-state index in [1.165, 1.54) is 18.3 Å². The third-order valence-electron chi connectivity index (χ3n) is 4.80. The monoisotopic (exact) mass is 384 g/mol. The van der Waals surface area contributed by atoms with Gasteiger partial charge in [-0.3, -0.25) is 14.4 Å². The molecule has 5 nitrogen and oxygen atoms in total. The van der Waals surface area contributed by atoms with Crippen LogP contribution in [0.15, 0.2) is 29.6 Å². The van der Waals surface area contributed by atoms with Crippen LogP contribution >= 0.6 is 11.3 Å². The maximum Gasteiger partial charge on any atom is 0.228 e. The Morgan fingerprint density at radius 2 is 1.81 bits per heavy atom. The summed E-state index contributed by atoms with van der Waals surface area (Å²) in [6.07, 6.45) is 4.23. The Labute approximate surface area is 163 Å². The molecule has 6 heteroatoms. The molecule has 0 unspecified atom stereocenters. The van der Waals surface area contributed by atoms with Gasteiger partial charge >= 0.3 is 0 Å². The number of benzene rings is 1. The molecular weight excluding hydrogens is 360 g/mol. The van der Waals surface area contributed by atoms with E-state index in [2.05, 4.69) is 10.6 Å². The summed E-state index contributed by atoms with van der Waals surface area (Å²) < 4.78 is 0. The van der Waals surface area contributed by atoms with E-state index >= 15 is 0 Å². The van der Waals surface area contributed by atoms with Crippen LogP contribution in [-0.4, -0.2) is 17.6 Å². The predicted octanol–water partition coefficient (Wildman–Crippen LogP) is 4.57. The first kappa shape index (κ1) is 19.3. The Morgan fingerprint density at radius 1 is 1.07 bits per heavy atom. The van der Waals surface area contributed by atoms with Gasteiger partial charge in [-0.15, -0.1) is 11.3 Å². The van der Waals surface area contributed by atoms with Crippen molar-refractivity contribution in [1.82, 2.24) is 0 Å². The molecule has 142 valence electrons. The molecule has 1 saturated carbocycles. The van der Waals surface area contributed by atoms with Gasteiger partial charge in [0.05, 0.1) is 22.7 Å². The normalized spacial score (nSPS) is 14.1. The minimum absolute atomic E-state index is 0.00209. The molecule has 0 radical (unpaired) electrons. The van der Waals surface area contributed by atoms with Crippen LogP contribution in [0.5, 0.6) is 0 Å². The van der Waals surface area contributed by atoms with E-state index in [0.29, 0.717) is 16.3 Å². The second-order valence-electron chi connectivity index (χ2n) is 7.12. The summed E-state index contributed by atoms with van der Waals surface area (Å²) in [4.78, 5) is 37.0. The number of Topliss-reactive ketones (excluding diaryl/α,β-unsaturated/α-hetero) is 1. The summed E-state index contributed by atoms with van der Waals surface area (Å²) in [7, 11) is 0. The molecule has 3 rings (SSSR count). The van der Waals surface area contributed by atoms with Crippen molar-refractivity contribution in [2.24, 2.45) is 5.92 Å². The molecule has 1 fully saturated rings. The lowest BCUT2D eigenvalue weighted by Crippen LogP contribution is -2.22. The van der Waals surface area contributed by atoms with Gasteiger partial charge in [0.1, 0.15) is 0 Å². The third kappa shape index (κ3) is 5.04. The number of hydrogen-bond acceptors (Lipinski definition) is 4. The molecule has 1 heterocycles. The van der Waals surface area contributed by atoms with Crippen LogP contribution in [-0.2, 0) is 16.0 Å². The van der Waals surface area contributed by atoms with Crippen LogP contribution < -0.4 is 10.6 Å². The highest BCUT2D eigenvalue weighted by Crippen LogP contribution is 2.29. The van der Waals surface area contributed by atoms with Crippen LogP contribution in [0.1, 0.15) is 53.4 Å². The molecule has 0 bridgehead atoms. The minimum atomic E-state index is -0.176. The quantitative estimate of drug-likeness (QED) is 0.717. The summed E-state index contributed by atoms with van der Waals surface area (Å²) in [5.74, 6) is -0.0893. The predicted molar refractivity (Wildman–Crippen MR) is 108 cm³/mol. The molecule has 1 aliphatic rings. The second-order valence-corrected chi connectivity index (χ2v) is 8.03. The van der Waals surface area contributed by atoms with Gasteiger partial charge in [-0.25, -0.2) is 0 Å². The average molecular weight is 385 g/mol. The fourth-order valence-electron chi connectivity index (χ4n) is 3.33. The zero-order chi connectivity index (χ0) is 19.4. The highest BCUT2D eigenvalue weighted by atomic mass is 32.1. The zero-order valence-corrected chi connectivity index (χ0v) is 16.4. The van der Waals surface area contributed by atoms with Crippen LogP contribution in [0.4, 0.5) is 11.4 Å². The van der Waals surface area contributed by atoms with Gasteiger partial charge in [0.15, 0.2) is 5.78 Å². The summed E-state index contributed by atoms with van der Waals surface area (Å²) >= 11 is 1.35. The van der Waals surface area contributed by atoms with E-state index in [9.17, 15) is 14.4 Å². The lowest BCUT2D eigenvalue weighted by Gasteiger charge is -2.15. The van der Waals surface area contributed by atoms with Crippen molar-refractivity contribution in [2.75, 3.05) is 10.6 Å². The Hall–Kier alpha value is -2.47. The minimum Gasteiger partial charge on any atom is -0.324 e. The third-order valence-corrected chi connectivity index (χ3v) is 5.88. The Morgan fingerprint density at radius 3 is 2.48 bits per heavy atom. The van der Waals surface area contributed by atoms with Gasteiger partial charge in [-0.05, 0) is 61.4 Å². The number of hydrogen-bond donors (Lipinski definition) is 2. The number of aryl methyl sites for hydroxylation is 1. The number of anilines is 2. The fraction of sp³-hybridized carbons (Fsp3) is 0.381. The SMILES string of the molecule is CC(=O)c1cc(CC(=O)Nc2cc(C)ccc2NC(=O)C2CCCC2)cs1. The van der Waals surface area contributed by atoms with Gasteiger partial charge < -0.3 is 10.6 Å². The van der Waals surface area contributed by atoms with Gasteiger partial charge in [-0.2, -0.15) is 0 Å². The van der Waals surface area contributed by atoms with E-state index in [1.807, 2.05) is 30.5 Å². The Balaban J connectivity index is 1.69. The number of carbonyl (C=O) groups excluding carboxylic acids is 3. The largest absolute Gasteiger partial charge is 0.324 e. The summed E-state index contributed by atoms with van der Waals surface area (Å²) in [6, 6.07) is 7.36. The van der Waals surface area contributed by atoms with E-state index in [0.717, 1.165) is 36.8 Å². The summed E-state index contributed by atoms with van der Waals surface area (Å²) in [6.45, 7) is 3.46. The van der Waals surface area contributed by atoms with Crippen LogP contribution in [0.2, 0.25) is 0 Å². The molecule has 27 heavy (non-hydrogen) atoms. The van der Waals surface area contributed by atoms with Crippen molar-refractivity contribution in [1.29, 1.82) is 0 Å². The number of amides is 2. The van der Waals surface area contributed by atoms with Crippen LogP contribution in [0.25, 0.3) is 0 Å². The molecular formula is C21H24N2O3S. The molecule has 1 aliphatic carbocycles. The lowest BCUT2D eigenvalue weighted by molar-refractivity contribution is -0.119. The molecule has 2 amide bonds. The van der Waals surface area contributed by atoms with E-state index in [1.54, 1.807) is 6.07 Å². The zero-order valence-electron chi connectivity index (χ0n) is 15.6. The Kier molecular flexibility index (Phi) is 6.06. The topological polar surface area (TPSA) is 75.3 Å². The maximum atomic E-state index is 12.5. The van der Waals surface area contributed by atoms with Crippen molar-refractivity contribution >= 4 is 40.3 Å². The number of nitrogens with one attached hydrogen (secondary N) is 2. The number of ketones is 1. The summed E-state index contributed by atoms with van der Waals surface area (Å²) in [5.41, 5.74) is 3.04. The maximum absolute atomic E-state index is 12.5. The molecule has 0 atom stereocenters. The van der Waals surface area contributed by atoms with Gasteiger partial charge in [-0.1, -0.05) is 18.9 Å². The fourth-order valence-corrected chi connectivity index (χ4v) is 4.14. The van der Waals surface area contributed by atoms with Crippen molar-refractivity contribution in [3.63, 3.8) is 0 Å². The molecule has 0 saturated heterocycles. The molecule has 1 aromatic heterocycles. The smallest absolute Gasteiger partial charge is 0.228 e. The van der Waals surface area contributed by atoms with E-state index in [4.69, 9.17) is 0 Å². The number of carbonyl (C=O) groups is 3. The van der Waals surface area contributed by atoms with Gasteiger partial charge in [0, 0.05) is 5.92 Å². The van der Waals surface area contributed by atoms with Gasteiger partial charge in [0.25, 0.3) is 0 Å². The first-order valence-electron chi connectivity index (χ1n) is 9.22. The first-order valence-corrected chi connectivity index (χ1v) is 10.1. The summed E-state index contributed by atoms with van der Waals surface area (Å²) in [5, 5.41) is 7.70. The molecule has 2 aromatic rings. The lowest BCUT2D eigenvalue weighted by atomic mass is 10.1. The molecule has 2 N–H and O–H groups in total. The van der Waals surface area contributed by atoms with Crippen molar-refractivity contribution in [2.45, 2.75) is 46.0 Å². The molecule has 1 aromatic carbocycles. The number of thiophene rings is 1. The molecule has 0 spiro atoms. The van der Waals surface area contributed by atoms with Crippen molar-refractivity contribution in [3.05, 3.63) is 45.6 Å². The Bertz CT molecular complexity index is 866. The standard InChI is InChI=1S/C21H24N2O3S/c1-13-7-8-17(23-21(26)16-5-3-4-6-16)18(9-13)22-20(25)11-15-10-19(14(2)24)27-12-15/h7-10,12,16H,3-6,11H2,1-2H3,(H,22,25)(H,23,26). The van der Waals surface area contributed by atoms with Crippen molar-refractivity contribution < 1.29 is 14.4 Å². The second kappa shape index (κ2) is 8.48. The van der Waals surface area contributed by atoms with Gasteiger partial charge in [0.2, 0.25) is 11.8 Å². The van der Waals surface area contributed by atoms with E-state index < -0.39 is 0 Å². The van der Waals surface area contributed by atoms with E-state index in [-0.39, 0.29) is 29.9 Å². The van der Waals surface area contributed by atoms with Crippen molar-refractivity contribution in [3.8, 4) is 0 Å². The first-order chi connectivity index (χ1) is 12.9. The molecule has 0 aliphatic heterocycles. The van der Waals surface area contributed by atoms with Crippen LogP contribution in [0.3, 0.4) is 0 Å². The number of rotatable bonds is 6. The highest BCUT2D eigenvalue weighted by molar-refractivity contribution is 7.12. The average Bonchev–Trinajstić information content (AvgIpc) is 3.28. The van der Waals surface area contributed by atoms with Crippen LogP contribution in [0, 0.1) is 12.8 Å². The highest BCUT2D eigenvalue weighted by Gasteiger charge is 2.23.